The molecule has 6 heteroatoms. The van der Waals surface area contributed by atoms with Crippen LogP contribution >= 0.6 is 0 Å². The molecule has 2 aromatic rings. The van der Waals surface area contributed by atoms with E-state index in [1.807, 2.05) is 18.2 Å². The lowest BCUT2D eigenvalue weighted by atomic mass is 9.94. The van der Waals surface area contributed by atoms with E-state index in [0.29, 0.717) is 29.3 Å². The molecular weight excluding hydrogens is 340 g/mol. The summed E-state index contributed by atoms with van der Waals surface area (Å²) in [6, 6.07) is 7.64. The summed E-state index contributed by atoms with van der Waals surface area (Å²) in [5, 5.41) is 4.10. The number of aromatic nitrogens is 1. The number of anilines is 1. The van der Waals surface area contributed by atoms with Crippen LogP contribution in [0.4, 0.5) is 5.69 Å². The number of nitrogens with zero attached hydrogens (tertiary/aromatic N) is 2. The van der Waals surface area contributed by atoms with Gasteiger partial charge in [0, 0.05) is 42.8 Å². The molecule has 0 bridgehead atoms. The van der Waals surface area contributed by atoms with Gasteiger partial charge in [-0.25, -0.2) is 0 Å². The zero-order chi connectivity index (χ0) is 19.6. The van der Waals surface area contributed by atoms with Gasteiger partial charge in [0.1, 0.15) is 0 Å². The number of primary amides is 1. The predicted molar refractivity (Wildman–Crippen MR) is 108 cm³/mol. The van der Waals surface area contributed by atoms with E-state index < -0.39 is 5.91 Å². The molecule has 3 rings (SSSR count). The highest BCUT2D eigenvalue weighted by molar-refractivity contribution is 6.08. The van der Waals surface area contributed by atoms with Gasteiger partial charge in [0.25, 0.3) is 5.91 Å². The summed E-state index contributed by atoms with van der Waals surface area (Å²) < 4.78 is 0. The Hall–Kier alpha value is -2.63. The van der Waals surface area contributed by atoms with E-state index >= 15 is 0 Å². The minimum Gasteiger partial charge on any atom is -0.369 e. The van der Waals surface area contributed by atoms with Gasteiger partial charge in [0.2, 0.25) is 5.91 Å². The number of fused-ring (bicyclic) bond motifs is 1. The van der Waals surface area contributed by atoms with Gasteiger partial charge >= 0.3 is 0 Å². The van der Waals surface area contributed by atoms with Crippen molar-refractivity contribution in [3.05, 3.63) is 36.0 Å². The van der Waals surface area contributed by atoms with E-state index in [1.54, 1.807) is 12.3 Å². The topological polar surface area (TPSA) is 88.3 Å². The zero-order valence-corrected chi connectivity index (χ0v) is 16.2. The highest BCUT2D eigenvalue weighted by atomic mass is 16.2. The number of pyridine rings is 1. The number of benzene rings is 1. The van der Waals surface area contributed by atoms with E-state index in [1.165, 1.54) is 0 Å². The van der Waals surface area contributed by atoms with Crippen molar-refractivity contribution in [1.29, 1.82) is 0 Å². The fraction of sp³-hybridized carbons (Fsp3) is 0.476. The smallest absolute Gasteiger partial charge is 0.250 e. The zero-order valence-electron chi connectivity index (χ0n) is 16.2. The summed E-state index contributed by atoms with van der Waals surface area (Å²) >= 11 is 0. The summed E-state index contributed by atoms with van der Waals surface area (Å²) in [4.78, 5) is 30.6. The van der Waals surface area contributed by atoms with Crippen LogP contribution in [-0.2, 0) is 4.79 Å². The highest BCUT2D eigenvalue weighted by Gasteiger charge is 2.27. The van der Waals surface area contributed by atoms with Crippen molar-refractivity contribution in [3.8, 4) is 0 Å². The molecule has 27 heavy (non-hydrogen) atoms. The Bertz CT molecular complexity index is 849. The second-order valence-electron chi connectivity index (χ2n) is 8.00. The molecule has 1 aliphatic rings. The maximum Gasteiger partial charge on any atom is 0.250 e. The molecule has 0 aliphatic carbocycles. The van der Waals surface area contributed by atoms with Crippen molar-refractivity contribution in [1.82, 2.24) is 10.3 Å². The molecule has 0 saturated carbocycles. The molecule has 2 atom stereocenters. The van der Waals surface area contributed by atoms with Gasteiger partial charge < -0.3 is 16.0 Å². The lowest BCUT2D eigenvalue weighted by molar-refractivity contribution is -0.122. The van der Waals surface area contributed by atoms with Crippen LogP contribution in [0, 0.1) is 11.8 Å². The molecule has 1 aromatic heterocycles. The third-order valence-corrected chi connectivity index (χ3v) is 4.97. The monoisotopic (exact) mass is 368 g/mol. The van der Waals surface area contributed by atoms with Gasteiger partial charge in [-0.15, -0.1) is 0 Å². The van der Waals surface area contributed by atoms with Gasteiger partial charge in [0.15, 0.2) is 0 Å². The van der Waals surface area contributed by atoms with E-state index in [0.717, 1.165) is 30.6 Å². The van der Waals surface area contributed by atoms with Gasteiger partial charge in [-0.05, 0) is 42.5 Å². The first-order valence-corrected chi connectivity index (χ1v) is 9.57. The van der Waals surface area contributed by atoms with Crippen LogP contribution < -0.4 is 16.0 Å². The molecule has 3 N–H and O–H groups in total. The Balaban J connectivity index is 1.88. The maximum atomic E-state index is 12.2. The van der Waals surface area contributed by atoms with Gasteiger partial charge in [0.05, 0.1) is 11.1 Å². The molecule has 1 saturated heterocycles. The lowest BCUT2D eigenvalue weighted by Gasteiger charge is -2.39. The number of piperidine rings is 1. The molecule has 1 aliphatic heterocycles. The van der Waals surface area contributed by atoms with Gasteiger partial charge in [-0.1, -0.05) is 20.8 Å². The standard InChI is InChI=1S/C21H28N4O2/c1-13(2)9-19(26)24-15-10-14(3)11-25(12-15)18-7-6-17(21(22)27)20-16(18)5-4-8-23-20/h4-8,13-15H,9-12H2,1-3H3,(H2,22,27)(H,24,26). The van der Waals surface area contributed by atoms with Crippen LogP contribution in [0.15, 0.2) is 30.5 Å². The molecule has 2 unspecified atom stereocenters. The quantitative estimate of drug-likeness (QED) is 0.849. The molecule has 2 amide bonds. The molecule has 1 aromatic carbocycles. The minimum atomic E-state index is -0.476. The van der Waals surface area contributed by atoms with Crippen LogP contribution in [0.2, 0.25) is 0 Å². The first-order chi connectivity index (χ1) is 12.8. The van der Waals surface area contributed by atoms with E-state index in [2.05, 4.69) is 36.0 Å². The second-order valence-corrected chi connectivity index (χ2v) is 8.00. The lowest BCUT2D eigenvalue weighted by Crippen LogP contribution is -2.50. The highest BCUT2D eigenvalue weighted by Crippen LogP contribution is 2.31. The van der Waals surface area contributed by atoms with E-state index in [-0.39, 0.29) is 11.9 Å². The van der Waals surface area contributed by atoms with Crippen LogP contribution in [0.25, 0.3) is 10.9 Å². The van der Waals surface area contributed by atoms with Gasteiger partial charge in [-0.3, -0.25) is 14.6 Å². The Kier molecular flexibility index (Phi) is 5.63. The summed E-state index contributed by atoms with van der Waals surface area (Å²) in [7, 11) is 0. The fourth-order valence-corrected chi connectivity index (χ4v) is 3.94. The minimum absolute atomic E-state index is 0.111. The summed E-state index contributed by atoms with van der Waals surface area (Å²) in [6.07, 6.45) is 3.19. The number of nitrogens with one attached hydrogen (secondary N) is 1. The van der Waals surface area contributed by atoms with Crippen molar-refractivity contribution >= 4 is 28.4 Å². The average molecular weight is 368 g/mol. The van der Waals surface area contributed by atoms with E-state index in [4.69, 9.17) is 5.73 Å². The molecule has 0 spiro atoms. The van der Waals surface area contributed by atoms with Crippen LogP contribution in [0.5, 0.6) is 0 Å². The van der Waals surface area contributed by atoms with Crippen LogP contribution in [-0.4, -0.2) is 35.9 Å². The van der Waals surface area contributed by atoms with Crippen LogP contribution in [0.3, 0.4) is 0 Å². The number of rotatable bonds is 5. The second kappa shape index (κ2) is 7.94. The van der Waals surface area contributed by atoms with Crippen LogP contribution in [0.1, 0.15) is 44.0 Å². The molecule has 144 valence electrons. The summed E-state index contributed by atoms with van der Waals surface area (Å²) in [5.74, 6) is 0.430. The molecule has 1 fully saturated rings. The first kappa shape index (κ1) is 19.1. The fourth-order valence-electron chi connectivity index (χ4n) is 3.94. The number of hydrogen-bond donors (Lipinski definition) is 2. The van der Waals surface area contributed by atoms with E-state index in [9.17, 15) is 9.59 Å². The van der Waals surface area contributed by atoms with Crippen molar-refractivity contribution in [2.24, 2.45) is 17.6 Å². The number of carbonyl (C=O) groups excluding carboxylic acids is 2. The Morgan fingerprint density at radius 1 is 1.30 bits per heavy atom. The van der Waals surface area contributed by atoms with Crippen molar-refractivity contribution in [2.75, 3.05) is 18.0 Å². The predicted octanol–water partition coefficient (Wildman–Crippen LogP) is 2.71. The molecule has 6 nitrogen and oxygen atoms in total. The Morgan fingerprint density at radius 2 is 2.07 bits per heavy atom. The number of carbonyl (C=O) groups is 2. The number of hydrogen-bond acceptors (Lipinski definition) is 4. The first-order valence-electron chi connectivity index (χ1n) is 9.57. The Morgan fingerprint density at radius 3 is 2.78 bits per heavy atom. The number of amides is 2. The van der Waals surface area contributed by atoms with Crippen molar-refractivity contribution in [2.45, 2.75) is 39.7 Å². The SMILES string of the molecule is CC(C)CC(=O)NC1CC(C)CN(c2ccc(C(N)=O)c3ncccc23)C1. The largest absolute Gasteiger partial charge is 0.369 e. The van der Waals surface area contributed by atoms with Crippen molar-refractivity contribution < 1.29 is 9.59 Å². The average Bonchev–Trinajstić information content (AvgIpc) is 2.59. The van der Waals surface area contributed by atoms with Crippen molar-refractivity contribution in [3.63, 3.8) is 0 Å². The number of nitrogens with two attached hydrogens (primary N) is 1. The molecule has 0 radical (unpaired) electrons. The Labute approximate surface area is 160 Å². The molecule has 2 heterocycles. The maximum absolute atomic E-state index is 12.2. The summed E-state index contributed by atoms with van der Waals surface area (Å²) in [6.45, 7) is 7.94. The molecular formula is C21H28N4O2. The normalized spacial score (nSPS) is 20.1. The third-order valence-electron chi connectivity index (χ3n) is 4.97. The third kappa shape index (κ3) is 4.38. The summed E-state index contributed by atoms with van der Waals surface area (Å²) in [5.41, 5.74) is 7.59. The van der Waals surface area contributed by atoms with Gasteiger partial charge in [-0.2, -0.15) is 0 Å².